The molecule has 114 valence electrons. The molecule has 0 amide bonds. The Kier molecular flexibility index (Phi) is 4.97. The van der Waals surface area contributed by atoms with Crippen molar-refractivity contribution in [3.63, 3.8) is 0 Å². The van der Waals surface area contributed by atoms with Crippen molar-refractivity contribution in [3.8, 4) is 0 Å². The molecule has 2 rings (SSSR count). The second-order valence-electron chi connectivity index (χ2n) is 6.65. The van der Waals surface area contributed by atoms with Crippen molar-refractivity contribution in [2.75, 3.05) is 0 Å². The summed E-state index contributed by atoms with van der Waals surface area (Å²) in [5.74, 6) is 0. The molecule has 0 saturated carbocycles. The monoisotopic (exact) mass is 291 g/mol. The Bertz CT molecular complexity index is 683. The smallest absolute Gasteiger partial charge is 0.0661 e. The lowest BCUT2D eigenvalue weighted by molar-refractivity contribution is 0.590. The van der Waals surface area contributed by atoms with Crippen LogP contribution in [0, 0.1) is 0 Å². The standard InChI is InChI=1S/C21H25N/c1-6-16(2)20-15-18(13-14-22-20)8-7-17-9-11-19(12-10-17)21(3,4)5/h6-15H,1-5H3/b8-7+,16-6+. The number of aromatic nitrogens is 1. The summed E-state index contributed by atoms with van der Waals surface area (Å²) in [6.45, 7) is 10.8. The number of rotatable bonds is 3. The number of nitrogens with zero attached hydrogens (tertiary/aromatic N) is 1. The summed E-state index contributed by atoms with van der Waals surface area (Å²) in [5, 5.41) is 0. The third kappa shape index (κ3) is 4.17. The maximum Gasteiger partial charge on any atom is 0.0661 e. The summed E-state index contributed by atoms with van der Waals surface area (Å²) in [5.41, 5.74) is 6.18. The number of pyridine rings is 1. The van der Waals surface area contributed by atoms with Gasteiger partial charge in [0.15, 0.2) is 0 Å². The Balaban J connectivity index is 2.18. The number of benzene rings is 1. The molecule has 0 atom stereocenters. The van der Waals surface area contributed by atoms with Crippen LogP contribution >= 0.6 is 0 Å². The van der Waals surface area contributed by atoms with E-state index in [9.17, 15) is 0 Å². The molecule has 0 saturated heterocycles. The zero-order valence-electron chi connectivity index (χ0n) is 14.2. The van der Waals surface area contributed by atoms with Gasteiger partial charge in [-0.25, -0.2) is 0 Å². The SMILES string of the molecule is C/C=C(\C)c1cc(/C=C/c2ccc(C(C)(C)C)cc2)ccn1. The quantitative estimate of drug-likeness (QED) is 0.678. The minimum atomic E-state index is 0.201. The predicted molar refractivity (Wildman–Crippen MR) is 97.6 cm³/mol. The fourth-order valence-corrected chi connectivity index (χ4v) is 2.20. The second kappa shape index (κ2) is 6.74. The molecule has 1 aromatic carbocycles. The molecule has 1 heteroatoms. The summed E-state index contributed by atoms with van der Waals surface area (Å²) in [6.07, 6.45) is 8.24. The van der Waals surface area contributed by atoms with Gasteiger partial charge in [0.2, 0.25) is 0 Å². The first-order valence-corrected chi connectivity index (χ1v) is 7.78. The molecule has 0 N–H and O–H groups in total. The van der Waals surface area contributed by atoms with Crippen molar-refractivity contribution in [3.05, 3.63) is 71.1 Å². The van der Waals surface area contributed by atoms with E-state index >= 15 is 0 Å². The Morgan fingerprint density at radius 2 is 1.59 bits per heavy atom. The van der Waals surface area contributed by atoms with Crippen LogP contribution in [-0.4, -0.2) is 4.98 Å². The van der Waals surface area contributed by atoms with Crippen molar-refractivity contribution < 1.29 is 0 Å². The van der Waals surface area contributed by atoms with Crippen LogP contribution in [0.2, 0.25) is 0 Å². The molecular weight excluding hydrogens is 266 g/mol. The number of allylic oxidation sites excluding steroid dienone is 2. The molecule has 0 aliphatic rings. The van der Waals surface area contributed by atoms with Gasteiger partial charge in [-0.05, 0) is 53.7 Å². The van der Waals surface area contributed by atoms with Crippen LogP contribution in [0.3, 0.4) is 0 Å². The summed E-state index contributed by atoms with van der Waals surface area (Å²) in [6, 6.07) is 12.9. The minimum Gasteiger partial charge on any atom is -0.257 e. The van der Waals surface area contributed by atoms with Gasteiger partial charge >= 0.3 is 0 Å². The molecule has 0 spiro atoms. The van der Waals surface area contributed by atoms with Gasteiger partial charge in [0.1, 0.15) is 0 Å². The second-order valence-corrected chi connectivity index (χ2v) is 6.65. The molecular formula is C21H25N. The van der Waals surface area contributed by atoms with Gasteiger partial charge in [-0.2, -0.15) is 0 Å². The zero-order chi connectivity index (χ0) is 16.2. The zero-order valence-corrected chi connectivity index (χ0v) is 14.2. The first kappa shape index (κ1) is 16.2. The van der Waals surface area contributed by atoms with Crippen LogP contribution in [0.25, 0.3) is 17.7 Å². The molecule has 1 heterocycles. The van der Waals surface area contributed by atoms with E-state index in [1.807, 2.05) is 19.2 Å². The summed E-state index contributed by atoms with van der Waals surface area (Å²) in [7, 11) is 0. The maximum absolute atomic E-state index is 4.40. The van der Waals surface area contributed by atoms with Crippen LogP contribution in [-0.2, 0) is 5.41 Å². The van der Waals surface area contributed by atoms with E-state index in [1.54, 1.807) is 0 Å². The largest absolute Gasteiger partial charge is 0.257 e. The number of hydrogen-bond acceptors (Lipinski definition) is 1. The molecule has 22 heavy (non-hydrogen) atoms. The maximum atomic E-state index is 4.40. The van der Waals surface area contributed by atoms with Crippen molar-refractivity contribution in [2.24, 2.45) is 0 Å². The van der Waals surface area contributed by atoms with Crippen LogP contribution in [0.5, 0.6) is 0 Å². The van der Waals surface area contributed by atoms with Crippen molar-refractivity contribution >= 4 is 17.7 Å². The van der Waals surface area contributed by atoms with Gasteiger partial charge in [0, 0.05) is 6.20 Å². The highest BCUT2D eigenvalue weighted by molar-refractivity contribution is 5.71. The van der Waals surface area contributed by atoms with Crippen LogP contribution in [0.1, 0.15) is 57.0 Å². The highest BCUT2D eigenvalue weighted by Gasteiger charge is 2.12. The van der Waals surface area contributed by atoms with E-state index in [-0.39, 0.29) is 5.41 Å². The van der Waals surface area contributed by atoms with E-state index < -0.39 is 0 Å². The van der Waals surface area contributed by atoms with Gasteiger partial charge in [0.25, 0.3) is 0 Å². The van der Waals surface area contributed by atoms with Crippen LogP contribution in [0.4, 0.5) is 0 Å². The molecule has 1 aromatic heterocycles. The van der Waals surface area contributed by atoms with Gasteiger partial charge in [-0.3, -0.25) is 4.98 Å². The van der Waals surface area contributed by atoms with Gasteiger partial charge < -0.3 is 0 Å². The average Bonchev–Trinajstić information content (AvgIpc) is 2.52. The number of hydrogen-bond donors (Lipinski definition) is 0. The summed E-state index contributed by atoms with van der Waals surface area (Å²) in [4.78, 5) is 4.40. The van der Waals surface area contributed by atoms with E-state index in [1.165, 1.54) is 22.3 Å². The normalized spacial score (nSPS) is 12.9. The molecule has 0 fully saturated rings. The molecule has 0 aliphatic heterocycles. The van der Waals surface area contributed by atoms with Gasteiger partial charge in [-0.15, -0.1) is 0 Å². The van der Waals surface area contributed by atoms with E-state index in [0.29, 0.717) is 0 Å². The molecule has 0 radical (unpaired) electrons. The van der Waals surface area contributed by atoms with Crippen molar-refractivity contribution in [1.82, 2.24) is 4.98 Å². The third-order valence-corrected chi connectivity index (χ3v) is 3.87. The first-order chi connectivity index (χ1) is 10.4. The predicted octanol–water partition coefficient (Wildman–Crippen LogP) is 5.97. The highest BCUT2D eigenvalue weighted by Crippen LogP contribution is 2.22. The topological polar surface area (TPSA) is 12.9 Å². The molecule has 0 aliphatic carbocycles. The molecule has 0 unspecified atom stereocenters. The first-order valence-electron chi connectivity index (χ1n) is 7.78. The highest BCUT2D eigenvalue weighted by atomic mass is 14.7. The lowest BCUT2D eigenvalue weighted by Crippen LogP contribution is -2.10. The Morgan fingerprint density at radius 1 is 0.955 bits per heavy atom. The summed E-state index contributed by atoms with van der Waals surface area (Å²) < 4.78 is 0. The Morgan fingerprint density at radius 3 is 2.18 bits per heavy atom. The van der Waals surface area contributed by atoms with Gasteiger partial charge in [-0.1, -0.05) is 63.3 Å². The van der Waals surface area contributed by atoms with Crippen LogP contribution < -0.4 is 0 Å². The van der Waals surface area contributed by atoms with Crippen LogP contribution in [0.15, 0.2) is 48.7 Å². The molecule has 0 bridgehead atoms. The Hall–Kier alpha value is -2.15. The summed E-state index contributed by atoms with van der Waals surface area (Å²) >= 11 is 0. The lowest BCUT2D eigenvalue weighted by Gasteiger charge is -2.18. The van der Waals surface area contributed by atoms with E-state index in [0.717, 1.165) is 5.69 Å². The molecule has 1 nitrogen and oxygen atoms in total. The van der Waals surface area contributed by atoms with E-state index in [4.69, 9.17) is 0 Å². The third-order valence-electron chi connectivity index (χ3n) is 3.87. The van der Waals surface area contributed by atoms with Crippen molar-refractivity contribution in [2.45, 2.75) is 40.0 Å². The minimum absolute atomic E-state index is 0.201. The lowest BCUT2D eigenvalue weighted by atomic mass is 9.87. The average molecular weight is 291 g/mol. The fourth-order valence-electron chi connectivity index (χ4n) is 2.20. The Labute approximate surface area is 134 Å². The van der Waals surface area contributed by atoms with Gasteiger partial charge in [0.05, 0.1) is 5.69 Å². The van der Waals surface area contributed by atoms with Crippen molar-refractivity contribution in [1.29, 1.82) is 0 Å². The fraction of sp³-hybridized carbons (Fsp3) is 0.286. The molecule has 2 aromatic rings. The van der Waals surface area contributed by atoms with E-state index in [2.05, 4.69) is 81.2 Å².